The van der Waals surface area contributed by atoms with E-state index in [4.69, 9.17) is 4.42 Å². The number of amides is 1. The summed E-state index contributed by atoms with van der Waals surface area (Å²) in [6.07, 6.45) is -2.64. The van der Waals surface area contributed by atoms with E-state index in [0.717, 1.165) is 10.2 Å². The minimum Gasteiger partial charge on any atom is -0.467 e. The molecule has 3 aromatic rings. The second-order valence-corrected chi connectivity index (χ2v) is 7.61. The summed E-state index contributed by atoms with van der Waals surface area (Å²) in [6, 6.07) is 10.0. The van der Waals surface area contributed by atoms with Crippen LogP contribution in [0.4, 0.5) is 19.0 Å². The molecule has 2 aromatic heterocycles. The zero-order valence-corrected chi connectivity index (χ0v) is 15.9. The van der Waals surface area contributed by atoms with E-state index in [0.29, 0.717) is 25.3 Å². The number of fused-ring (bicyclic) bond motifs is 2. The molecule has 1 amide bonds. The van der Waals surface area contributed by atoms with E-state index < -0.39 is 18.3 Å². The minimum atomic E-state index is -4.50. The van der Waals surface area contributed by atoms with Crippen LogP contribution < -0.4 is 5.32 Å². The first kappa shape index (κ1) is 18.8. The number of halogens is 3. The van der Waals surface area contributed by atoms with Crippen LogP contribution in [-0.4, -0.2) is 33.3 Å². The molecular formula is C21H19F3N4O2. The number of rotatable bonds is 2. The lowest BCUT2D eigenvalue weighted by atomic mass is 10.00. The average molecular weight is 416 g/mol. The number of carbonyl (C=O) groups excluding carboxylic acids is 1. The van der Waals surface area contributed by atoms with E-state index in [2.05, 4.69) is 10.4 Å². The van der Waals surface area contributed by atoms with E-state index in [-0.39, 0.29) is 23.8 Å². The molecule has 0 fully saturated rings. The second-order valence-electron chi connectivity index (χ2n) is 7.61. The fourth-order valence-electron chi connectivity index (χ4n) is 4.19. The van der Waals surface area contributed by atoms with Crippen molar-refractivity contribution in [3.05, 3.63) is 71.3 Å². The van der Waals surface area contributed by atoms with Gasteiger partial charge in [0.25, 0.3) is 5.91 Å². The highest BCUT2D eigenvalue weighted by Crippen LogP contribution is 2.43. The number of anilines is 1. The SMILES string of the molecule is O=C(c1cc2n(n1)[C@@H](C(F)(F)F)C[C@@H](c1ccco1)N2)N1CCc2ccccc2C1. The lowest BCUT2D eigenvalue weighted by Crippen LogP contribution is -2.37. The lowest BCUT2D eigenvalue weighted by Gasteiger charge is -2.32. The highest BCUT2D eigenvalue weighted by atomic mass is 19.4. The van der Waals surface area contributed by atoms with Crippen molar-refractivity contribution in [2.75, 3.05) is 11.9 Å². The standard InChI is InChI=1S/C21H19F3N4O2/c22-21(23,24)18-10-15(17-6-3-9-30-17)25-19-11-16(26-28(18)19)20(29)27-8-7-13-4-1-2-5-14(13)12-27/h1-6,9,11,15,18,25H,7-8,10,12H2/t15-,18+/m0/s1. The molecule has 1 aromatic carbocycles. The summed E-state index contributed by atoms with van der Waals surface area (Å²) in [7, 11) is 0. The van der Waals surface area contributed by atoms with Gasteiger partial charge in [-0.05, 0) is 29.7 Å². The molecule has 1 N–H and O–H groups in total. The topological polar surface area (TPSA) is 63.3 Å². The van der Waals surface area contributed by atoms with Gasteiger partial charge in [0, 0.05) is 25.6 Å². The molecule has 9 heteroatoms. The van der Waals surface area contributed by atoms with Crippen LogP contribution in [0.3, 0.4) is 0 Å². The molecule has 0 spiro atoms. The monoisotopic (exact) mass is 416 g/mol. The van der Waals surface area contributed by atoms with Gasteiger partial charge in [0.1, 0.15) is 11.6 Å². The molecule has 2 atom stereocenters. The summed E-state index contributed by atoms with van der Waals surface area (Å²) in [5, 5.41) is 7.09. The Kier molecular flexibility index (Phi) is 4.34. The number of aromatic nitrogens is 2. The van der Waals surface area contributed by atoms with Crippen molar-refractivity contribution in [3.8, 4) is 0 Å². The number of nitrogens with one attached hydrogen (secondary N) is 1. The van der Waals surface area contributed by atoms with Crippen molar-refractivity contribution in [2.24, 2.45) is 0 Å². The molecule has 0 radical (unpaired) electrons. The van der Waals surface area contributed by atoms with E-state index in [9.17, 15) is 18.0 Å². The van der Waals surface area contributed by atoms with Crippen molar-refractivity contribution < 1.29 is 22.4 Å². The normalized spacial score (nSPS) is 21.0. The van der Waals surface area contributed by atoms with Gasteiger partial charge in [-0.3, -0.25) is 4.79 Å². The third-order valence-corrected chi connectivity index (χ3v) is 5.71. The van der Waals surface area contributed by atoms with Gasteiger partial charge >= 0.3 is 6.18 Å². The van der Waals surface area contributed by atoms with E-state index in [1.807, 2.05) is 24.3 Å². The molecule has 0 aliphatic carbocycles. The number of hydrogen-bond acceptors (Lipinski definition) is 4. The van der Waals surface area contributed by atoms with Crippen LogP contribution in [0, 0.1) is 0 Å². The molecular weight excluding hydrogens is 397 g/mol. The summed E-state index contributed by atoms with van der Waals surface area (Å²) in [5.41, 5.74) is 2.24. The molecule has 0 unspecified atom stereocenters. The largest absolute Gasteiger partial charge is 0.467 e. The number of hydrogen-bond donors (Lipinski definition) is 1. The van der Waals surface area contributed by atoms with Gasteiger partial charge in [-0.1, -0.05) is 24.3 Å². The Morgan fingerprint density at radius 2 is 1.97 bits per heavy atom. The van der Waals surface area contributed by atoms with Crippen LogP contribution in [0.1, 0.15) is 45.9 Å². The molecule has 156 valence electrons. The van der Waals surface area contributed by atoms with Crippen LogP contribution in [-0.2, 0) is 13.0 Å². The second kappa shape index (κ2) is 6.93. The van der Waals surface area contributed by atoms with E-state index in [1.54, 1.807) is 17.0 Å². The molecule has 2 aliphatic rings. The van der Waals surface area contributed by atoms with Gasteiger partial charge in [-0.15, -0.1) is 0 Å². The lowest BCUT2D eigenvalue weighted by molar-refractivity contribution is -0.174. The predicted octanol–water partition coefficient (Wildman–Crippen LogP) is 4.33. The Morgan fingerprint density at radius 3 is 2.70 bits per heavy atom. The number of nitrogens with zero attached hydrogens (tertiary/aromatic N) is 3. The first-order chi connectivity index (χ1) is 14.4. The average Bonchev–Trinajstić information content (AvgIpc) is 3.41. The number of benzene rings is 1. The van der Waals surface area contributed by atoms with Crippen molar-refractivity contribution in [2.45, 2.75) is 37.6 Å². The summed E-state index contributed by atoms with van der Waals surface area (Å²) in [5.74, 6) is 0.201. The van der Waals surface area contributed by atoms with E-state index >= 15 is 0 Å². The Labute approximate surface area is 170 Å². The van der Waals surface area contributed by atoms with Gasteiger partial charge in [0.05, 0.1) is 12.3 Å². The molecule has 4 heterocycles. The molecule has 0 bridgehead atoms. The highest BCUT2D eigenvalue weighted by Gasteiger charge is 2.47. The fraction of sp³-hybridized carbons (Fsp3) is 0.333. The third kappa shape index (κ3) is 3.24. The zero-order valence-electron chi connectivity index (χ0n) is 15.9. The summed E-state index contributed by atoms with van der Waals surface area (Å²) < 4.78 is 47.4. The van der Waals surface area contributed by atoms with Crippen LogP contribution in [0.2, 0.25) is 0 Å². The Morgan fingerprint density at radius 1 is 1.17 bits per heavy atom. The van der Waals surface area contributed by atoms with Crippen LogP contribution in [0.15, 0.2) is 53.1 Å². The Balaban J connectivity index is 1.44. The van der Waals surface area contributed by atoms with Gasteiger partial charge < -0.3 is 14.6 Å². The maximum absolute atomic E-state index is 13.8. The molecule has 0 saturated heterocycles. The number of alkyl halides is 3. The van der Waals surface area contributed by atoms with Gasteiger partial charge in [-0.25, -0.2) is 4.68 Å². The van der Waals surface area contributed by atoms with Crippen LogP contribution >= 0.6 is 0 Å². The zero-order chi connectivity index (χ0) is 20.9. The van der Waals surface area contributed by atoms with Gasteiger partial charge in [-0.2, -0.15) is 18.3 Å². The highest BCUT2D eigenvalue weighted by molar-refractivity contribution is 5.93. The van der Waals surface area contributed by atoms with Crippen molar-refractivity contribution in [1.82, 2.24) is 14.7 Å². The molecule has 0 saturated carbocycles. The Bertz CT molecular complexity index is 1070. The summed E-state index contributed by atoms with van der Waals surface area (Å²) in [6.45, 7) is 0.922. The van der Waals surface area contributed by atoms with Crippen molar-refractivity contribution >= 4 is 11.7 Å². The van der Waals surface area contributed by atoms with Gasteiger partial charge in [0.15, 0.2) is 11.7 Å². The predicted molar refractivity (Wildman–Crippen MR) is 102 cm³/mol. The number of furan rings is 1. The summed E-state index contributed by atoms with van der Waals surface area (Å²) in [4.78, 5) is 14.6. The maximum atomic E-state index is 13.8. The first-order valence-electron chi connectivity index (χ1n) is 9.72. The van der Waals surface area contributed by atoms with Gasteiger partial charge in [0.2, 0.25) is 0 Å². The maximum Gasteiger partial charge on any atom is 0.410 e. The quantitative estimate of drug-likeness (QED) is 0.675. The first-order valence-corrected chi connectivity index (χ1v) is 9.72. The van der Waals surface area contributed by atoms with Crippen LogP contribution in [0.25, 0.3) is 0 Å². The van der Waals surface area contributed by atoms with Crippen molar-refractivity contribution in [3.63, 3.8) is 0 Å². The molecule has 2 aliphatic heterocycles. The Hall–Kier alpha value is -3.23. The fourth-order valence-corrected chi connectivity index (χ4v) is 4.19. The van der Waals surface area contributed by atoms with E-state index in [1.165, 1.54) is 17.9 Å². The smallest absolute Gasteiger partial charge is 0.410 e. The van der Waals surface area contributed by atoms with Crippen LogP contribution in [0.5, 0.6) is 0 Å². The minimum absolute atomic E-state index is 0.00576. The number of carbonyl (C=O) groups is 1. The molecule has 30 heavy (non-hydrogen) atoms. The third-order valence-electron chi connectivity index (χ3n) is 5.71. The molecule has 6 nitrogen and oxygen atoms in total. The summed E-state index contributed by atoms with van der Waals surface area (Å²) >= 11 is 0. The molecule has 5 rings (SSSR count). The van der Waals surface area contributed by atoms with Crippen molar-refractivity contribution in [1.29, 1.82) is 0 Å².